The van der Waals surface area contributed by atoms with Crippen LogP contribution < -0.4 is 5.32 Å². The van der Waals surface area contributed by atoms with Crippen molar-refractivity contribution in [2.75, 3.05) is 11.9 Å². The molecule has 0 aliphatic heterocycles. The van der Waals surface area contributed by atoms with Crippen LogP contribution in [0.25, 0.3) is 0 Å². The molecule has 0 saturated carbocycles. The van der Waals surface area contributed by atoms with Gasteiger partial charge in [0.15, 0.2) is 0 Å². The van der Waals surface area contributed by atoms with Gasteiger partial charge in [-0.1, -0.05) is 22.0 Å². The van der Waals surface area contributed by atoms with Crippen molar-refractivity contribution in [2.24, 2.45) is 0 Å². The Bertz CT molecular complexity index is 286. The number of aliphatic hydroxyl groups is 1. The lowest BCUT2D eigenvalue weighted by Crippen LogP contribution is -2.15. The molecule has 13 heavy (non-hydrogen) atoms. The summed E-state index contributed by atoms with van der Waals surface area (Å²) in [6.07, 6.45) is -0.319. The van der Waals surface area contributed by atoms with Crippen molar-refractivity contribution in [1.29, 1.82) is 0 Å². The Morgan fingerprint density at radius 2 is 2.23 bits per heavy atom. The topological polar surface area (TPSA) is 32.3 Å². The van der Waals surface area contributed by atoms with Crippen molar-refractivity contribution in [3.05, 3.63) is 28.2 Å². The van der Waals surface area contributed by atoms with Crippen LogP contribution in [-0.2, 0) is 0 Å². The van der Waals surface area contributed by atoms with E-state index in [4.69, 9.17) is 5.11 Å². The first-order valence-corrected chi connectivity index (χ1v) is 5.07. The number of anilines is 1. The highest BCUT2D eigenvalue weighted by Gasteiger charge is 1.98. The van der Waals surface area contributed by atoms with Gasteiger partial charge in [-0.3, -0.25) is 0 Å². The normalized spacial score (nSPS) is 12.6. The van der Waals surface area contributed by atoms with Crippen molar-refractivity contribution in [3.63, 3.8) is 0 Å². The van der Waals surface area contributed by atoms with Gasteiger partial charge in [-0.05, 0) is 31.5 Å². The highest BCUT2D eigenvalue weighted by molar-refractivity contribution is 9.10. The molecule has 2 N–H and O–H groups in total. The fourth-order valence-corrected chi connectivity index (χ4v) is 1.35. The average molecular weight is 244 g/mol. The first-order valence-electron chi connectivity index (χ1n) is 4.27. The third-order valence-corrected chi connectivity index (χ3v) is 2.63. The molecule has 1 atom stereocenters. The summed E-state index contributed by atoms with van der Waals surface area (Å²) in [7, 11) is 0. The van der Waals surface area contributed by atoms with Crippen LogP contribution in [0.5, 0.6) is 0 Å². The molecule has 0 aliphatic carbocycles. The first-order chi connectivity index (χ1) is 6.09. The summed E-state index contributed by atoms with van der Waals surface area (Å²) in [5.41, 5.74) is 2.24. The van der Waals surface area contributed by atoms with Gasteiger partial charge in [-0.15, -0.1) is 0 Å². The summed E-state index contributed by atoms with van der Waals surface area (Å²) in [6, 6.07) is 6.05. The Morgan fingerprint density at radius 3 is 2.77 bits per heavy atom. The smallest absolute Gasteiger partial charge is 0.0684 e. The van der Waals surface area contributed by atoms with Gasteiger partial charge in [0, 0.05) is 16.7 Å². The van der Waals surface area contributed by atoms with E-state index in [0.29, 0.717) is 6.54 Å². The monoisotopic (exact) mass is 243 g/mol. The predicted octanol–water partition coefficient (Wildman–Crippen LogP) is 2.55. The second-order valence-electron chi connectivity index (χ2n) is 3.19. The third-order valence-electron chi connectivity index (χ3n) is 1.77. The number of aliphatic hydroxyl groups excluding tert-OH is 1. The van der Waals surface area contributed by atoms with E-state index in [-0.39, 0.29) is 6.10 Å². The standard InChI is InChI=1S/C10H14BrNO/c1-7-3-4-9(5-10(7)11)12-6-8(2)13/h3-5,8,12-13H,6H2,1-2H3. The Morgan fingerprint density at radius 1 is 1.54 bits per heavy atom. The summed E-state index contributed by atoms with van der Waals surface area (Å²) < 4.78 is 1.09. The zero-order valence-electron chi connectivity index (χ0n) is 7.84. The number of aryl methyl sites for hydroxylation is 1. The van der Waals surface area contributed by atoms with Gasteiger partial charge >= 0.3 is 0 Å². The molecule has 1 unspecified atom stereocenters. The Balaban J connectivity index is 2.63. The number of hydrogen-bond acceptors (Lipinski definition) is 2. The van der Waals surface area contributed by atoms with Gasteiger partial charge in [0.2, 0.25) is 0 Å². The zero-order chi connectivity index (χ0) is 9.84. The fourth-order valence-electron chi connectivity index (χ4n) is 0.968. The summed E-state index contributed by atoms with van der Waals surface area (Å²) >= 11 is 3.45. The molecule has 2 nitrogen and oxygen atoms in total. The molecule has 0 aliphatic rings. The van der Waals surface area contributed by atoms with Gasteiger partial charge in [-0.25, -0.2) is 0 Å². The molecule has 0 bridgehead atoms. The van der Waals surface area contributed by atoms with Gasteiger partial charge in [0.25, 0.3) is 0 Å². The largest absolute Gasteiger partial charge is 0.392 e. The predicted molar refractivity (Wildman–Crippen MR) is 59.0 cm³/mol. The quantitative estimate of drug-likeness (QED) is 0.856. The molecule has 0 saturated heterocycles. The molecular weight excluding hydrogens is 230 g/mol. The fraction of sp³-hybridized carbons (Fsp3) is 0.400. The Kier molecular flexibility index (Phi) is 3.75. The highest BCUT2D eigenvalue weighted by Crippen LogP contribution is 2.20. The number of hydrogen-bond donors (Lipinski definition) is 2. The summed E-state index contributed by atoms with van der Waals surface area (Å²) in [4.78, 5) is 0. The SMILES string of the molecule is Cc1ccc(NCC(C)O)cc1Br. The molecule has 1 aromatic carbocycles. The van der Waals surface area contributed by atoms with Crippen molar-refractivity contribution in [1.82, 2.24) is 0 Å². The van der Waals surface area contributed by atoms with Crippen LogP contribution in [0.2, 0.25) is 0 Å². The number of rotatable bonds is 3. The summed E-state index contributed by atoms with van der Waals surface area (Å²) in [6.45, 7) is 4.38. The molecular formula is C10H14BrNO. The van der Waals surface area contributed by atoms with Crippen LogP contribution in [0, 0.1) is 6.92 Å². The molecule has 1 rings (SSSR count). The Hall–Kier alpha value is -0.540. The van der Waals surface area contributed by atoms with E-state index in [0.717, 1.165) is 10.2 Å². The minimum atomic E-state index is -0.319. The van der Waals surface area contributed by atoms with E-state index in [1.165, 1.54) is 5.56 Å². The van der Waals surface area contributed by atoms with Crippen LogP contribution in [0.15, 0.2) is 22.7 Å². The lowest BCUT2D eigenvalue weighted by atomic mass is 10.2. The number of nitrogens with one attached hydrogen (secondary N) is 1. The molecule has 0 spiro atoms. The van der Waals surface area contributed by atoms with Gasteiger partial charge in [0.05, 0.1) is 6.10 Å². The minimum Gasteiger partial charge on any atom is -0.392 e. The molecule has 0 fully saturated rings. The highest BCUT2D eigenvalue weighted by atomic mass is 79.9. The average Bonchev–Trinajstić information content (AvgIpc) is 2.07. The molecule has 72 valence electrons. The third kappa shape index (κ3) is 3.36. The van der Waals surface area contributed by atoms with E-state index in [2.05, 4.69) is 21.2 Å². The molecule has 0 aromatic heterocycles. The zero-order valence-corrected chi connectivity index (χ0v) is 9.43. The van der Waals surface area contributed by atoms with E-state index in [1.807, 2.05) is 25.1 Å². The lowest BCUT2D eigenvalue weighted by Gasteiger charge is -2.09. The maximum absolute atomic E-state index is 9.06. The van der Waals surface area contributed by atoms with E-state index >= 15 is 0 Å². The maximum atomic E-state index is 9.06. The maximum Gasteiger partial charge on any atom is 0.0684 e. The van der Waals surface area contributed by atoms with Crippen LogP contribution in [0.1, 0.15) is 12.5 Å². The molecule has 3 heteroatoms. The van der Waals surface area contributed by atoms with Gasteiger partial charge in [0.1, 0.15) is 0 Å². The molecule has 1 aromatic rings. The van der Waals surface area contributed by atoms with E-state index in [9.17, 15) is 0 Å². The summed E-state index contributed by atoms with van der Waals surface area (Å²) in [5, 5.41) is 12.2. The van der Waals surface area contributed by atoms with E-state index in [1.54, 1.807) is 6.92 Å². The second kappa shape index (κ2) is 4.63. The summed E-state index contributed by atoms with van der Waals surface area (Å²) in [5.74, 6) is 0. The van der Waals surface area contributed by atoms with Crippen LogP contribution in [0.3, 0.4) is 0 Å². The first kappa shape index (κ1) is 10.5. The number of halogens is 1. The second-order valence-corrected chi connectivity index (χ2v) is 4.05. The van der Waals surface area contributed by atoms with Crippen LogP contribution >= 0.6 is 15.9 Å². The van der Waals surface area contributed by atoms with Gasteiger partial charge < -0.3 is 10.4 Å². The van der Waals surface area contributed by atoms with Crippen LogP contribution in [-0.4, -0.2) is 17.8 Å². The van der Waals surface area contributed by atoms with Crippen molar-refractivity contribution in [3.8, 4) is 0 Å². The van der Waals surface area contributed by atoms with E-state index < -0.39 is 0 Å². The number of benzene rings is 1. The lowest BCUT2D eigenvalue weighted by molar-refractivity contribution is 0.208. The Labute approximate surface area is 87.1 Å². The molecule has 0 radical (unpaired) electrons. The molecule has 0 amide bonds. The van der Waals surface area contributed by atoms with Crippen molar-refractivity contribution >= 4 is 21.6 Å². The van der Waals surface area contributed by atoms with Crippen molar-refractivity contribution < 1.29 is 5.11 Å². The van der Waals surface area contributed by atoms with Gasteiger partial charge in [-0.2, -0.15) is 0 Å². The minimum absolute atomic E-state index is 0.319. The molecule has 0 heterocycles. The van der Waals surface area contributed by atoms with Crippen molar-refractivity contribution in [2.45, 2.75) is 20.0 Å². The van der Waals surface area contributed by atoms with Crippen LogP contribution in [0.4, 0.5) is 5.69 Å².